The lowest BCUT2D eigenvalue weighted by atomic mass is 9.79. The van der Waals surface area contributed by atoms with Gasteiger partial charge in [0.05, 0.1) is 13.2 Å². The third-order valence-electron chi connectivity index (χ3n) is 3.74. The number of ether oxygens (including phenoxy) is 1. The van der Waals surface area contributed by atoms with Gasteiger partial charge in [-0.15, -0.1) is 0 Å². The number of aliphatic hydroxyl groups is 1. The maximum absolute atomic E-state index is 10.4. The van der Waals surface area contributed by atoms with Crippen LogP contribution in [-0.2, 0) is 0 Å². The second-order valence-electron chi connectivity index (χ2n) is 4.83. The molecule has 0 aromatic heterocycles. The van der Waals surface area contributed by atoms with Crippen molar-refractivity contribution in [2.24, 2.45) is 11.7 Å². The van der Waals surface area contributed by atoms with Crippen LogP contribution in [-0.4, -0.2) is 18.3 Å². The first-order chi connectivity index (χ1) is 8.22. The topological polar surface area (TPSA) is 55.5 Å². The Morgan fingerprint density at radius 1 is 1.24 bits per heavy atom. The van der Waals surface area contributed by atoms with Gasteiger partial charge in [0, 0.05) is 12.0 Å². The quantitative estimate of drug-likeness (QED) is 0.844. The molecule has 0 spiro atoms. The van der Waals surface area contributed by atoms with Crippen LogP contribution in [0, 0.1) is 5.92 Å². The number of aliphatic hydroxyl groups excluding tert-OH is 1. The van der Waals surface area contributed by atoms with Crippen molar-refractivity contribution in [3.63, 3.8) is 0 Å². The second-order valence-corrected chi connectivity index (χ2v) is 4.83. The van der Waals surface area contributed by atoms with Gasteiger partial charge >= 0.3 is 0 Å². The highest BCUT2D eigenvalue weighted by Gasteiger charge is 2.29. The molecular weight excluding hydrogens is 214 g/mol. The third kappa shape index (κ3) is 2.79. The number of nitrogens with two attached hydrogens (primary N) is 1. The van der Waals surface area contributed by atoms with Gasteiger partial charge in [0.1, 0.15) is 5.75 Å². The van der Waals surface area contributed by atoms with E-state index < -0.39 is 6.10 Å². The molecule has 0 amide bonds. The summed E-state index contributed by atoms with van der Waals surface area (Å²) in [5, 5.41) is 10.4. The second kappa shape index (κ2) is 5.52. The van der Waals surface area contributed by atoms with Gasteiger partial charge in [0.25, 0.3) is 0 Å². The lowest BCUT2D eigenvalue weighted by Gasteiger charge is -2.32. The van der Waals surface area contributed by atoms with Crippen LogP contribution in [0.2, 0.25) is 0 Å². The predicted molar refractivity (Wildman–Crippen MR) is 67.9 cm³/mol. The average Bonchev–Trinajstić information content (AvgIpc) is 2.39. The summed E-state index contributed by atoms with van der Waals surface area (Å²) in [5.74, 6) is 1.01. The van der Waals surface area contributed by atoms with Gasteiger partial charge in [0.2, 0.25) is 0 Å². The SMILES string of the molecule is COc1ccc(C(O)[C@H]2CCCC[C@@H]2N)cc1. The minimum atomic E-state index is -0.448. The molecule has 0 radical (unpaired) electrons. The maximum Gasteiger partial charge on any atom is 0.118 e. The fraction of sp³-hybridized carbons (Fsp3) is 0.571. The molecule has 1 saturated carbocycles. The summed E-state index contributed by atoms with van der Waals surface area (Å²) in [6.45, 7) is 0. The molecule has 3 atom stereocenters. The van der Waals surface area contributed by atoms with Crippen molar-refractivity contribution in [3.05, 3.63) is 29.8 Å². The van der Waals surface area contributed by atoms with Crippen LogP contribution in [0.5, 0.6) is 5.75 Å². The molecule has 0 bridgehead atoms. The van der Waals surface area contributed by atoms with Gasteiger partial charge in [0.15, 0.2) is 0 Å². The van der Waals surface area contributed by atoms with E-state index in [2.05, 4.69) is 0 Å². The van der Waals surface area contributed by atoms with Crippen molar-refractivity contribution in [2.45, 2.75) is 37.8 Å². The fourth-order valence-corrected chi connectivity index (χ4v) is 2.63. The van der Waals surface area contributed by atoms with Crippen molar-refractivity contribution >= 4 is 0 Å². The van der Waals surface area contributed by atoms with Crippen molar-refractivity contribution in [2.75, 3.05) is 7.11 Å². The molecule has 3 nitrogen and oxygen atoms in total. The Morgan fingerprint density at radius 3 is 2.47 bits per heavy atom. The maximum atomic E-state index is 10.4. The summed E-state index contributed by atoms with van der Waals surface area (Å²) < 4.78 is 5.11. The highest BCUT2D eigenvalue weighted by molar-refractivity contribution is 5.28. The van der Waals surface area contributed by atoms with Crippen LogP contribution in [0.25, 0.3) is 0 Å². The average molecular weight is 235 g/mol. The zero-order valence-electron chi connectivity index (χ0n) is 10.3. The van der Waals surface area contributed by atoms with Crippen LogP contribution in [0.1, 0.15) is 37.4 Å². The summed E-state index contributed by atoms with van der Waals surface area (Å²) >= 11 is 0. The van der Waals surface area contributed by atoms with E-state index >= 15 is 0 Å². The molecule has 0 aliphatic heterocycles. The molecule has 1 aromatic carbocycles. The molecule has 17 heavy (non-hydrogen) atoms. The molecule has 1 aliphatic carbocycles. The van der Waals surface area contributed by atoms with E-state index in [1.165, 1.54) is 12.8 Å². The summed E-state index contributed by atoms with van der Waals surface area (Å²) in [5.41, 5.74) is 7.03. The highest BCUT2D eigenvalue weighted by atomic mass is 16.5. The van der Waals surface area contributed by atoms with E-state index in [1.807, 2.05) is 24.3 Å². The molecule has 1 unspecified atom stereocenters. The van der Waals surface area contributed by atoms with Crippen molar-refractivity contribution < 1.29 is 9.84 Å². The minimum Gasteiger partial charge on any atom is -0.497 e. The smallest absolute Gasteiger partial charge is 0.118 e. The number of methoxy groups -OCH3 is 1. The molecular formula is C14H21NO2. The minimum absolute atomic E-state index is 0.126. The van der Waals surface area contributed by atoms with Crippen LogP contribution >= 0.6 is 0 Å². The van der Waals surface area contributed by atoms with E-state index in [0.717, 1.165) is 24.2 Å². The van der Waals surface area contributed by atoms with Gasteiger partial charge in [-0.25, -0.2) is 0 Å². The largest absolute Gasteiger partial charge is 0.497 e. The number of hydrogen-bond donors (Lipinski definition) is 2. The molecule has 0 heterocycles. The Bertz CT molecular complexity index is 350. The van der Waals surface area contributed by atoms with E-state index in [0.29, 0.717) is 0 Å². The summed E-state index contributed by atoms with van der Waals surface area (Å²) in [7, 11) is 1.64. The van der Waals surface area contributed by atoms with E-state index in [-0.39, 0.29) is 12.0 Å². The van der Waals surface area contributed by atoms with Gasteiger partial charge in [-0.3, -0.25) is 0 Å². The van der Waals surface area contributed by atoms with E-state index in [1.54, 1.807) is 7.11 Å². The first-order valence-corrected chi connectivity index (χ1v) is 6.30. The lowest BCUT2D eigenvalue weighted by molar-refractivity contribution is 0.0721. The monoisotopic (exact) mass is 235 g/mol. The van der Waals surface area contributed by atoms with Crippen molar-refractivity contribution in [3.8, 4) is 5.75 Å². The number of rotatable bonds is 3. The first kappa shape index (κ1) is 12.4. The first-order valence-electron chi connectivity index (χ1n) is 6.30. The summed E-state index contributed by atoms with van der Waals surface area (Å²) in [4.78, 5) is 0. The summed E-state index contributed by atoms with van der Waals surface area (Å²) in [6, 6.07) is 7.73. The van der Waals surface area contributed by atoms with Crippen LogP contribution < -0.4 is 10.5 Å². The summed E-state index contributed by atoms with van der Waals surface area (Å²) in [6.07, 6.45) is 3.96. The molecule has 1 aliphatic rings. The van der Waals surface area contributed by atoms with Crippen LogP contribution in [0.3, 0.4) is 0 Å². The molecule has 3 N–H and O–H groups in total. The van der Waals surface area contributed by atoms with Crippen molar-refractivity contribution in [1.29, 1.82) is 0 Å². The molecule has 1 fully saturated rings. The number of hydrogen-bond acceptors (Lipinski definition) is 3. The van der Waals surface area contributed by atoms with E-state index in [4.69, 9.17) is 10.5 Å². The zero-order valence-corrected chi connectivity index (χ0v) is 10.3. The lowest BCUT2D eigenvalue weighted by Crippen LogP contribution is -2.36. The Kier molecular flexibility index (Phi) is 4.02. The standard InChI is InChI=1S/C14H21NO2/c1-17-11-8-6-10(7-9-11)14(16)12-4-2-3-5-13(12)15/h6-9,12-14,16H,2-5,15H2,1H3/t12-,13-,14?/m0/s1. The van der Waals surface area contributed by atoms with Gasteiger partial charge in [-0.2, -0.15) is 0 Å². The molecule has 3 heteroatoms. The Balaban J connectivity index is 2.09. The normalized spacial score (nSPS) is 26.5. The van der Waals surface area contributed by atoms with Gasteiger partial charge in [-0.05, 0) is 30.5 Å². The Hall–Kier alpha value is -1.06. The van der Waals surface area contributed by atoms with E-state index in [9.17, 15) is 5.11 Å². The highest BCUT2D eigenvalue weighted by Crippen LogP contribution is 2.34. The molecule has 2 rings (SSSR count). The number of benzene rings is 1. The van der Waals surface area contributed by atoms with Gasteiger partial charge in [-0.1, -0.05) is 25.0 Å². The van der Waals surface area contributed by atoms with Gasteiger partial charge < -0.3 is 15.6 Å². The third-order valence-corrected chi connectivity index (χ3v) is 3.74. The van der Waals surface area contributed by atoms with Crippen molar-refractivity contribution in [1.82, 2.24) is 0 Å². The van der Waals surface area contributed by atoms with Crippen LogP contribution in [0.15, 0.2) is 24.3 Å². The molecule has 1 aromatic rings. The van der Waals surface area contributed by atoms with Crippen LogP contribution in [0.4, 0.5) is 0 Å². The molecule has 0 saturated heterocycles. The molecule has 94 valence electrons. The Labute approximate surface area is 103 Å². The zero-order chi connectivity index (χ0) is 12.3. The fourth-order valence-electron chi connectivity index (χ4n) is 2.63. The predicted octanol–water partition coefficient (Wildman–Crippen LogP) is 2.25. The Morgan fingerprint density at radius 2 is 1.88 bits per heavy atom.